The summed E-state index contributed by atoms with van der Waals surface area (Å²) in [7, 11) is 0. The first-order chi connectivity index (χ1) is 23.3. The Labute approximate surface area is 275 Å². The van der Waals surface area contributed by atoms with Gasteiger partial charge < -0.3 is 0 Å². The molecular formula is C42H28N4S. The number of aromatic nitrogens is 4. The van der Waals surface area contributed by atoms with Gasteiger partial charge in [0.1, 0.15) is 0 Å². The standard InChI is InChI=1S/C42H28N4S/c1-3-12-36-33(11-1)38-34(18-17-32-30-10-2-4-13-37(30)47-42(32)38)39(46-36)27-8-5-7-26(23-27)35-19-15-28(24-45-35)29-20-22-44-41-31(29)16-14-25-9-6-21-43-40(25)41/h1-6,8-13,15,17-24,26H,7,14,16H2. The number of allylic oxidation sites excluding steroid dienone is 4. The second kappa shape index (κ2) is 10.5. The normalized spacial score (nSPS) is 15.7. The molecule has 3 aromatic carbocycles. The molecule has 4 nitrogen and oxygen atoms in total. The minimum atomic E-state index is 0.169. The first-order valence-electron chi connectivity index (χ1n) is 16.2. The molecule has 1 unspecified atom stereocenters. The first-order valence-corrected chi connectivity index (χ1v) is 17.0. The zero-order chi connectivity index (χ0) is 30.9. The number of aryl methyl sites for hydroxylation is 1. The Hall–Kier alpha value is -5.52. The Morgan fingerprint density at radius 3 is 2.47 bits per heavy atom. The molecular weight excluding hydrogens is 593 g/mol. The second-order valence-corrected chi connectivity index (χ2v) is 13.5. The number of hydrogen-bond donors (Lipinski definition) is 0. The molecule has 0 amide bonds. The smallest absolute Gasteiger partial charge is 0.0927 e. The van der Waals surface area contributed by atoms with Crippen molar-refractivity contribution in [2.45, 2.75) is 25.2 Å². The summed E-state index contributed by atoms with van der Waals surface area (Å²) in [5.74, 6) is 0.169. The molecule has 0 radical (unpaired) electrons. The first kappa shape index (κ1) is 26.7. The fourth-order valence-electron chi connectivity index (χ4n) is 7.60. The fourth-order valence-corrected chi connectivity index (χ4v) is 8.86. The van der Waals surface area contributed by atoms with E-state index in [-0.39, 0.29) is 5.92 Å². The van der Waals surface area contributed by atoms with E-state index in [4.69, 9.17) is 15.0 Å². The molecule has 10 rings (SSSR count). The summed E-state index contributed by atoms with van der Waals surface area (Å²) in [6.45, 7) is 0. The summed E-state index contributed by atoms with van der Waals surface area (Å²) in [6.07, 6.45) is 15.5. The maximum atomic E-state index is 5.28. The molecule has 2 aliphatic rings. The summed E-state index contributed by atoms with van der Waals surface area (Å²) in [6, 6.07) is 32.6. The Balaban J connectivity index is 1.06. The van der Waals surface area contributed by atoms with Gasteiger partial charge >= 0.3 is 0 Å². The third-order valence-electron chi connectivity index (χ3n) is 9.84. The van der Waals surface area contributed by atoms with Crippen molar-refractivity contribution in [1.29, 1.82) is 0 Å². The Morgan fingerprint density at radius 2 is 1.53 bits per heavy atom. The highest BCUT2D eigenvalue weighted by molar-refractivity contribution is 7.26. The summed E-state index contributed by atoms with van der Waals surface area (Å²) in [4.78, 5) is 19.7. The molecule has 5 heteroatoms. The molecule has 0 fully saturated rings. The Morgan fingerprint density at radius 1 is 0.660 bits per heavy atom. The predicted octanol–water partition coefficient (Wildman–Crippen LogP) is 10.5. The van der Waals surface area contributed by atoms with E-state index in [9.17, 15) is 0 Å². The number of pyridine rings is 4. The SMILES string of the molecule is C1=CC(c2nc3ccccc3c3c2ccc2c4ccccc4sc23)=CC(c2ccc(-c3ccnc4c3CCc3cccnc3-4)cn2)C1. The molecule has 0 bridgehead atoms. The van der Waals surface area contributed by atoms with Crippen LogP contribution in [0.3, 0.4) is 0 Å². The molecule has 8 aromatic rings. The van der Waals surface area contributed by atoms with E-state index >= 15 is 0 Å². The van der Waals surface area contributed by atoms with Gasteiger partial charge in [0.15, 0.2) is 0 Å². The van der Waals surface area contributed by atoms with Crippen LogP contribution in [-0.2, 0) is 12.8 Å². The van der Waals surface area contributed by atoms with Gasteiger partial charge in [0, 0.05) is 72.1 Å². The van der Waals surface area contributed by atoms with Crippen molar-refractivity contribution in [2.24, 2.45) is 0 Å². The Kier molecular flexibility index (Phi) is 5.96. The minimum absolute atomic E-state index is 0.169. The van der Waals surface area contributed by atoms with Crippen LogP contribution in [0.4, 0.5) is 0 Å². The highest BCUT2D eigenvalue weighted by atomic mass is 32.1. The fraction of sp³-hybridized carbons (Fsp3) is 0.0952. The molecule has 5 heterocycles. The molecule has 2 aliphatic carbocycles. The van der Waals surface area contributed by atoms with Gasteiger partial charge in [-0.15, -0.1) is 11.3 Å². The molecule has 5 aromatic heterocycles. The molecule has 1 atom stereocenters. The van der Waals surface area contributed by atoms with Gasteiger partial charge in [0.05, 0.1) is 22.6 Å². The number of thiophene rings is 1. The van der Waals surface area contributed by atoms with Gasteiger partial charge in [0.25, 0.3) is 0 Å². The average Bonchev–Trinajstić information content (AvgIpc) is 3.53. The van der Waals surface area contributed by atoms with Crippen molar-refractivity contribution in [1.82, 2.24) is 19.9 Å². The van der Waals surface area contributed by atoms with E-state index in [1.54, 1.807) is 0 Å². The van der Waals surface area contributed by atoms with Crippen LogP contribution >= 0.6 is 11.3 Å². The predicted molar refractivity (Wildman–Crippen MR) is 195 cm³/mol. The highest BCUT2D eigenvalue weighted by Gasteiger charge is 2.23. The number of rotatable bonds is 3. The summed E-state index contributed by atoms with van der Waals surface area (Å²) < 4.78 is 2.65. The Bertz CT molecular complexity index is 2610. The van der Waals surface area contributed by atoms with Crippen LogP contribution in [0.15, 0.2) is 128 Å². The van der Waals surface area contributed by atoms with Gasteiger partial charge in [-0.05, 0) is 71.9 Å². The average molecular weight is 621 g/mol. The molecule has 222 valence electrons. The van der Waals surface area contributed by atoms with Gasteiger partial charge in [-0.1, -0.05) is 78.9 Å². The van der Waals surface area contributed by atoms with Gasteiger partial charge in [-0.3, -0.25) is 15.0 Å². The largest absolute Gasteiger partial charge is 0.260 e. The van der Waals surface area contributed by atoms with Crippen LogP contribution < -0.4 is 0 Å². The monoisotopic (exact) mass is 620 g/mol. The van der Waals surface area contributed by atoms with Crippen LogP contribution in [0, 0.1) is 0 Å². The zero-order valence-electron chi connectivity index (χ0n) is 25.5. The quantitative estimate of drug-likeness (QED) is 0.184. The number of benzene rings is 3. The van der Waals surface area contributed by atoms with E-state index < -0.39 is 0 Å². The van der Waals surface area contributed by atoms with Gasteiger partial charge in [-0.2, -0.15) is 0 Å². The minimum Gasteiger partial charge on any atom is -0.260 e. The van der Waals surface area contributed by atoms with Gasteiger partial charge in [0.2, 0.25) is 0 Å². The van der Waals surface area contributed by atoms with Crippen LogP contribution in [0.25, 0.3) is 69.9 Å². The summed E-state index contributed by atoms with van der Waals surface area (Å²) in [5.41, 5.74) is 11.1. The van der Waals surface area contributed by atoms with Crippen molar-refractivity contribution in [3.8, 4) is 22.5 Å². The third-order valence-corrected chi connectivity index (χ3v) is 11.0. The maximum Gasteiger partial charge on any atom is 0.0927 e. The van der Waals surface area contributed by atoms with E-state index in [1.165, 1.54) is 53.0 Å². The van der Waals surface area contributed by atoms with Gasteiger partial charge in [-0.25, -0.2) is 4.98 Å². The van der Waals surface area contributed by atoms with Crippen molar-refractivity contribution >= 4 is 58.8 Å². The third kappa shape index (κ3) is 4.20. The second-order valence-electron chi connectivity index (χ2n) is 12.5. The molecule has 47 heavy (non-hydrogen) atoms. The number of para-hydroxylation sites is 1. The van der Waals surface area contributed by atoms with Crippen LogP contribution in [0.2, 0.25) is 0 Å². The highest BCUT2D eigenvalue weighted by Crippen LogP contribution is 2.43. The van der Waals surface area contributed by atoms with E-state index in [0.29, 0.717) is 0 Å². The maximum absolute atomic E-state index is 5.28. The molecule has 0 saturated heterocycles. The molecule has 0 spiro atoms. The summed E-state index contributed by atoms with van der Waals surface area (Å²) in [5, 5.41) is 6.32. The van der Waals surface area contributed by atoms with Crippen LogP contribution in [0.5, 0.6) is 0 Å². The van der Waals surface area contributed by atoms with Crippen LogP contribution in [-0.4, -0.2) is 19.9 Å². The summed E-state index contributed by atoms with van der Waals surface area (Å²) >= 11 is 1.88. The lowest BCUT2D eigenvalue weighted by molar-refractivity contribution is 0.818. The number of hydrogen-bond acceptors (Lipinski definition) is 5. The number of nitrogens with zero attached hydrogens (tertiary/aromatic N) is 4. The molecule has 0 N–H and O–H groups in total. The zero-order valence-corrected chi connectivity index (χ0v) is 26.3. The lowest BCUT2D eigenvalue weighted by Gasteiger charge is -2.21. The van der Waals surface area contributed by atoms with Crippen molar-refractivity contribution in [2.75, 3.05) is 0 Å². The van der Waals surface area contributed by atoms with Crippen molar-refractivity contribution in [3.63, 3.8) is 0 Å². The van der Waals surface area contributed by atoms with E-state index in [0.717, 1.165) is 58.7 Å². The lowest BCUT2D eigenvalue weighted by Crippen LogP contribution is -2.09. The lowest BCUT2D eigenvalue weighted by atomic mass is 9.87. The van der Waals surface area contributed by atoms with Crippen LogP contribution in [0.1, 0.15) is 34.9 Å². The molecule has 0 aliphatic heterocycles. The van der Waals surface area contributed by atoms with Crippen molar-refractivity contribution < 1.29 is 0 Å². The number of fused-ring (bicyclic) bond motifs is 10. The molecule has 0 saturated carbocycles. The van der Waals surface area contributed by atoms with Crippen molar-refractivity contribution in [3.05, 3.63) is 150 Å². The van der Waals surface area contributed by atoms with E-state index in [1.807, 2.05) is 36.0 Å². The topological polar surface area (TPSA) is 51.6 Å². The van der Waals surface area contributed by atoms with E-state index in [2.05, 4.69) is 108 Å².